The SMILES string of the molecule is C[C@@H]1CCCN1C(=O)c1ccc(-c2ccc(NS(C)(=O)=O)nc2)cc1. The fraction of sp³-hybridized carbons (Fsp3) is 0.333. The Bertz CT molecular complexity index is 861. The van der Waals surface area contributed by atoms with E-state index in [0.29, 0.717) is 11.6 Å². The summed E-state index contributed by atoms with van der Waals surface area (Å²) in [6.07, 6.45) is 4.81. The summed E-state index contributed by atoms with van der Waals surface area (Å²) in [5, 5.41) is 0. The molecule has 0 saturated carbocycles. The van der Waals surface area contributed by atoms with Crippen LogP contribution in [0.3, 0.4) is 0 Å². The predicted octanol–water partition coefficient (Wildman–Crippen LogP) is 2.74. The van der Waals surface area contributed by atoms with Gasteiger partial charge >= 0.3 is 0 Å². The molecule has 7 heteroatoms. The van der Waals surface area contributed by atoms with Crippen molar-refractivity contribution in [3.05, 3.63) is 48.2 Å². The van der Waals surface area contributed by atoms with E-state index in [2.05, 4.69) is 16.6 Å². The normalized spacial score (nSPS) is 17.5. The molecule has 1 aliphatic rings. The molecule has 0 unspecified atom stereocenters. The molecule has 2 aromatic rings. The summed E-state index contributed by atoms with van der Waals surface area (Å²) in [6.45, 7) is 2.90. The topological polar surface area (TPSA) is 79.4 Å². The van der Waals surface area contributed by atoms with E-state index in [9.17, 15) is 13.2 Å². The van der Waals surface area contributed by atoms with E-state index in [1.54, 1.807) is 18.3 Å². The summed E-state index contributed by atoms with van der Waals surface area (Å²) in [6, 6.07) is 11.1. The first kappa shape index (κ1) is 17.4. The van der Waals surface area contributed by atoms with Gasteiger partial charge in [0.25, 0.3) is 5.91 Å². The number of pyridine rings is 1. The molecule has 1 atom stereocenters. The highest BCUT2D eigenvalue weighted by Gasteiger charge is 2.25. The highest BCUT2D eigenvalue weighted by atomic mass is 32.2. The lowest BCUT2D eigenvalue weighted by molar-refractivity contribution is 0.0747. The molecular formula is C18H21N3O3S. The van der Waals surface area contributed by atoms with Gasteiger partial charge in [-0.1, -0.05) is 12.1 Å². The van der Waals surface area contributed by atoms with Gasteiger partial charge in [0, 0.05) is 29.9 Å². The minimum atomic E-state index is -3.34. The highest BCUT2D eigenvalue weighted by Crippen LogP contribution is 2.23. The number of anilines is 1. The molecule has 1 N–H and O–H groups in total. The molecule has 25 heavy (non-hydrogen) atoms. The third-order valence-electron chi connectivity index (χ3n) is 4.33. The van der Waals surface area contributed by atoms with Crippen molar-refractivity contribution in [2.24, 2.45) is 0 Å². The molecule has 1 aromatic heterocycles. The average molecular weight is 359 g/mol. The van der Waals surface area contributed by atoms with Gasteiger partial charge in [-0.3, -0.25) is 9.52 Å². The Labute approximate surface area is 147 Å². The second-order valence-corrected chi connectivity index (χ2v) is 8.12. The van der Waals surface area contributed by atoms with Crippen LogP contribution in [-0.2, 0) is 10.0 Å². The lowest BCUT2D eigenvalue weighted by atomic mass is 10.0. The zero-order valence-electron chi connectivity index (χ0n) is 14.3. The number of hydrogen-bond acceptors (Lipinski definition) is 4. The van der Waals surface area contributed by atoms with Crippen molar-refractivity contribution in [1.29, 1.82) is 0 Å². The lowest BCUT2D eigenvalue weighted by Gasteiger charge is -2.21. The number of hydrogen-bond donors (Lipinski definition) is 1. The van der Waals surface area contributed by atoms with Crippen molar-refractivity contribution in [3.8, 4) is 11.1 Å². The maximum absolute atomic E-state index is 12.5. The van der Waals surface area contributed by atoms with Gasteiger partial charge < -0.3 is 4.90 Å². The van der Waals surface area contributed by atoms with Gasteiger partial charge in [0.1, 0.15) is 5.82 Å². The van der Waals surface area contributed by atoms with E-state index < -0.39 is 10.0 Å². The quantitative estimate of drug-likeness (QED) is 0.910. The first-order valence-corrected chi connectivity index (χ1v) is 10.1. The number of rotatable bonds is 4. The van der Waals surface area contributed by atoms with Crippen molar-refractivity contribution in [2.45, 2.75) is 25.8 Å². The van der Waals surface area contributed by atoms with Crippen LogP contribution in [0.25, 0.3) is 11.1 Å². The molecule has 0 radical (unpaired) electrons. The highest BCUT2D eigenvalue weighted by molar-refractivity contribution is 7.92. The minimum Gasteiger partial charge on any atom is -0.336 e. The molecule has 0 bridgehead atoms. The number of amides is 1. The Morgan fingerprint density at radius 3 is 2.36 bits per heavy atom. The van der Waals surface area contributed by atoms with Crippen LogP contribution in [0.2, 0.25) is 0 Å². The first-order valence-electron chi connectivity index (χ1n) is 8.19. The Morgan fingerprint density at radius 1 is 1.16 bits per heavy atom. The summed E-state index contributed by atoms with van der Waals surface area (Å²) < 4.78 is 24.7. The van der Waals surface area contributed by atoms with Crippen molar-refractivity contribution in [2.75, 3.05) is 17.5 Å². The Morgan fingerprint density at radius 2 is 1.84 bits per heavy atom. The van der Waals surface area contributed by atoms with Crippen molar-refractivity contribution in [3.63, 3.8) is 0 Å². The molecule has 1 aromatic carbocycles. The molecule has 2 heterocycles. The Hall–Kier alpha value is -2.41. The van der Waals surface area contributed by atoms with Crippen LogP contribution in [-0.4, -0.2) is 43.1 Å². The number of benzene rings is 1. The molecule has 1 amide bonds. The molecular weight excluding hydrogens is 338 g/mol. The largest absolute Gasteiger partial charge is 0.336 e. The van der Waals surface area contributed by atoms with Crippen molar-refractivity contribution >= 4 is 21.7 Å². The summed E-state index contributed by atoms with van der Waals surface area (Å²) in [5.41, 5.74) is 2.46. The van der Waals surface area contributed by atoms with Crippen LogP contribution in [0.1, 0.15) is 30.1 Å². The maximum atomic E-state index is 12.5. The second-order valence-electron chi connectivity index (χ2n) is 6.37. The molecule has 1 saturated heterocycles. The van der Waals surface area contributed by atoms with E-state index in [4.69, 9.17) is 0 Å². The molecule has 1 aliphatic heterocycles. The van der Waals surface area contributed by atoms with Crippen LogP contribution in [0.15, 0.2) is 42.6 Å². The summed E-state index contributed by atoms with van der Waals surface area (Å²) in [7, 11) is -3.34. The van der Waals surface area contributed by atoms with Gasteiger partial charge in [-0.15, -0.1) is 0 Å². The predicted molar refractivity (Wildman–Crippen MR) is 97.9 cm³/mol. The maximum Gasteiger partial charge on any atom is 0.254 e. The number of sulfonamides is 1. The summed E-state index contributed by atoms with van der Waals surface area (Å²) in [5.74, 6) is 0.350. The average Bonchev–Trinajstić information content (AvgIpc) is 3.00. The monoisotopic (exact) mass is 359 g/mol. The molecule has 0 spiro atoms. The van der Waals surface area contributed by atoms with Gasteiger partial charge in [-0.25, -0.2) is 13.4 Å². The Balaban J connectivity index is 1.75. The molecule has 3 rings (SSSR count). The van der Waals surface area contributed by atoms with E-state index in [0.717, 1.165) is 36.8 Å². The van der Waals surface area contributed by atoms with E-state index in [1.807, 2.05) is 29.2 Å². The first-order chi connectivity index (χ1) is 11.8. The van der Waals surface area contributed by atoms with Crippen LogP contribution in [0, 0.1) is 0 Å². The van der Waals surface area contributed by atoms with E-state index in [-0.39, 0.29) is 11.7 Å². The Kier molecular flexibility index (Phi) is 4.76. The zero-order valence-corrected chi connectivity index (χ0v) is 15.1. The van der Waals surface area contributed by atoms with Gasteiger partial charge in [0.2, 0.25) is 10.0 Å². The second kappa shape index (κ2) is 6.84. The number of carbonyl (C=O) groups is 1. The van der Waals surface area contributed by atoms with Crippen LogP contribution < -0.4 is 4.72 Å². The summed E-state index contributed by atoms with van der Waals surface area (Å²) >= 11 is 0. The third-order valence-corrected chi connectivity index (χ3v) is 4.91. The number of nitrogens with zero attached hydrogens (tertiary/aromatic N) is 2. The fourth-order valence-electron chi connectivity index (χ4n) is 3.02. The van der Waals surface area contributed by atoms with Crippen molar-refractivity contribution in [1.82, 2.24) is 9.88 Å². The van der Waals surface area contributed by atoms with Gasteiger partial charge in [-0.2, -0.15) is 0 Å². The van der Waals surface area contributed by atoms with E-state index in [1.165, 1.54) is 0 Å². The van der Waals surface area contributed by atoms with Crippen LogP contribution in [0.5, 0.6) is 0 Å². The third kappa shape index (κ3) is 4.17. The smallest absolute Gasteiger partial charge is 0.254 e. The number of likely N-dealkylation sites (tertiary alicyclic amines) is 1. The molecule has 132 valence electrons. The minimum absolute atomic E-state index is 0.0716. The number of carbonyl (C=O) groups excluding carboxylic acids is 1. The molecule has 0 aliphatic carbocycles. The zero-order chi connectivity index (χ0) is 18.0. The number of aromatic nitrogens is 1. The standard InChI is InChI=1S/C18H21N3O3S/c1-13-4-3-11-21(13)18(22)15-7-5-14(6-8-15)16-9-10-17(19-12-16)20-25(2,23)24/h5-10,12-13H,3-4,11H2,1-2H3,(H,19,20)/t13-/m1/s1. The molecule has 6 nitrogen and oxygen atoms in total. The lowest BCUT2D eigenvalue weighted by Crippen LogP contribution is -2.33. The van der Waals surface area contributed by atoms with E-state index >= 15 is 0 Å². The van der Waals surface area contributed by atoms with Crippen LogP contribution >= 0.6 is 0 Å². The number of nitrogens with one attached hydrogen (secondary N) is 1. The van der Waals surface area contributed by atoms with Gasteiger partial charge in [0.05, 0.1) is 6.26 Å². The fourth-order valence-corrected chi connectivity index (χ4v) is 3.52. The van der Waals surface area contributed by atoms with Gasteiger partial charge in [-0.05, 0) is 49.6 Å². The molecule has 1 fully saturated rings. The van der Waals surface area contributed by atoms with Crippen LogP contribution in [0.4, 0.5) is 5.82 Å². The van der Waals surface area contributed by atoms with Gasteiger partial charge in [0.15, 0.2) is 0 Å². The summed E-state index contributed by atoms with van der Waals surface area (Å²) in [4.78, 5) is 18.6. The van der Waals surface area contributed by atoms with Crippen molar-refractivity contribution < 1.29 is 13.2 Å².